The lowest BCUT2D eigenvalue weighted by Gasteiger charge is -2.11. The van der Waals surface area contributed by atoms with Crippen molar-refractivity contribution in [3.05, 3.63) is 0 Å². The summed E-state index contributed by atoms with van der Waals surface area (Å²) in [6, 6.07) is -0.101. The fourth-order valence-corrected chi connectivity index (χ4v) is 1.20. The first-order valence-corrected chi connectivity index (χ1v) is 5.24. The van der Waals surface area contributed by atoms with Crippen LogP contribution >= 0.6 is 11.8 Å². The van der Waals surface area contributed by atoms with E-state index < -0.39 is 0 Å². The van der Waals surface area contributed by atoms with E-state index in [9.17, 15) is 4.79 Å². The van der Waals surface area contributed by atoms with Crippen LogP contribution in [-0.4, -0.2) is 35.0 Å². The number of hydrogen-bond acceptors (Lipinski definition) is 4. The van der Waals surface area contributed by atoms with E-state index in [1.54, 1.807) is 6.92 Å². The van der Waals surface area contributed by atoms with Crippen LogP contribution in [0.15, 0.2) is 5.16 Å². The van der Waals surface area contributed by atoms with Gasteiger partial charge in [-0.2, -0.15) is 11.8 Å². The molecule has 0 saturated carbocycles. The number of hydrogen-bond donors (Lipinski definition) is 3. The molecule has 1 amide bonds. The predicted octanol–water partition coefficient (Wildman–Crippen LogP) is -0.00940. The Balaban J connectivity index is 3.73. The molecule has 0 bridgehead atoms. The molecular formula is C7H15N3O2S. The van der Waals surface area contributed by atoms with E-state index in [1.807, 2.05) is 6.26 Å². The molecule has 0 fully saturated rings. The minimum absolute atomic E-state index is 0.0364. The summed E-state index contributed by atoms with van der Waals surface area (Å²) in [5, 5.41) is 13.8. The summed E-state index contributed by atoms with van der Waals surface area (Å²) in [6.07, 6.45) is 2.21. The van der Waals surface area contributed by atoms with Crippen LogP contribution in [0.3, 0.4) is 0 Å². The maximum absolute atomic E-state index is 11.0. The van der Waals surface area contributed by atoms with Gasteiger partial charge >= 0.3 is 0 Å². The number of amides is 1. The standard InChI is InChI=1S/C7H15N3O2S/c1-5(3-6(8)10-12)9-7(11)4-13-2/h5,12H,3-4H2,1-2H3,(H2,8,10)(H,9,11). The monoisotopic (exact) mass is 205 g/mol. The highest BCUT2D eigenvalue weighted by Crippen LogP contribution is 1.94. The number of amidine groups is 1. The maximum Gasteiger partial charge on any atom is 0.230 e. The highest BCUT2D eigenvalue weighted by Gasteiger charge is 2.08. The molecule has 0 saturated heterocycles. The quantitative estimate of drug-likeness (QED) is 0.255. The van der Waals surface area contributed by atoms with Crippen molar-refractivity contribution in [2.45, 2.75) is 19.4 Å². The van der Waals surface area contributed by atoms with Crippen molar-refractivity contribution in [1.82, 2.24) is 5.32 Å². The molecule has 5 nitrogen and oxygen atoms in total. The summed E-state index contributed by atoms with van der Waals surface area (Å²) in [4.78, 5) is 11.0. The van der Waals surface area contributed by atoms with Gasteiger partial charge in [-0.3, -0.25) is 4.79 Å². The molecule has 13 heavy (non-hydrogen) atoms. The Morgan fingerprint density at radius 3 is 2.85 bits per heavy atom. The third kappa shape index (κ3) is 6.27. The normalized spacial score (nSPS) is 13.8. The lowest BCUT2D eigenvalue weighted by molar-refractivity contribution is -0.119. The number of nitrogens with zero attached hydrogens (tertiary/aromatic N) is 1. The third-order valence-electron chi connectivity index (χ3n) is 1.33. The summed E-state index contributed by atoms with van der Waals surface area (Å²) in [6.45, 7) is 1.80. The molecule has 76 valence electrons. The minimum Gasteiger partial charge on any atom is -0.409 e. The van der Waals surface area contributed by atoms with Crippen LogP contribution in [0.2, 0.25) is 0 Å². The summed E-state index contributed by atoms with van der Waals surface area (Å²) in [5.74, 6) is 0.517. The first-order chi connectivity index (χ1) is 6.10. The number of nitrogens with one attached hydrogen (secondary N) is 1. The maximum atomic E-state index is 11.0. The molecule has 1 unspecified atom stereocenters. The van der Waals surface area contributed by atoms with Crippen LogP contribution in [0.4, 0.5) is 0 Å². The highest BCUT2D eigenvalue weighted by atomic mass is 32.2. The molecular weight excluding hydrogens is 190 g/mol. The van der Waals surface area contributed by atoms with E-state index in [1.165, 1.54) is 11.8 Å². The van der Waals surface area contributed by atoms with E-state index in [4.69, 9.17) is 10.9 Å². The van der Waals surface area contributed by atoms with Gasteiger partial charge < -0.3 is 16.3 Å². The highest BCUT2D eigenvalue weighted by molar-refractivity contribution is 7.99. The van der Waals surface area contributed by atoms with Crippen molar-refractivity contribution in [2.75, 3.05) is 12.0 Å². The van der Waals surface area contributed by atoms with Gasteiger partial charge in [0.2, 0.25) is 5.91 Å². The van der Waals surface area contributed by atoms with Crippen molar-refractivity contribution in [3.63, 3.8) is 0 Å². The second-order valence-electron chi connectivity index (χ2n) is 2.70. The zero-order chi connectivity index (χ0) is 10.3. The Hall–Kier alpha value is -0.910. The van der Waals surface area contributed by atoms with Gasteiger partial charge in [0.1, 0.15) is 5.84 Å². The van der Waals surface area contributed by atoms with Crippen molar-refractivity contribution in [1.29, 1.82) is 0 Å². The topological polar surface area (TPSA) is 87.7 Å². The summed E-state index contributed by atoms with van der Waals surface area (Å²) in [7, 11) is 0. The molecule has 1 atom stereocenters. The Morgan fingerprint density at radius 1 is 1.77 bits per heavy atom. The van der Waals surface area contributed by atoms with Crippen LogP contribution in [0.1, 0.15) is 13.3 Å². The summed E-state index contributed by atoms with van der Waals surface area (Å²) < 4.78 is 0. The molecule has 4 N–H and O–H groups in total. The van der Waals surface area contributed by atoms with Crippen LogP contribution in [0.25, 0.3) is 0 Å². The molecule has 0 aromatic heterocycles. The number of nitrogens with two attached hydrogens (primary N) is 1. The molecule has 0 aliphatic heterocycles. The van der Waals surface area contributed by atoms with Crippen LogP contribution in [0, 0.1) is 0 Å². The van der Waals surface area contributed by atoms with Crippen molar-refractivity contribution in [3.8, 4) is 0 Å². The van der Waals surface area contributed by atoms with E-state index in [2.05, 4.69) is 10.5 Å². The smallest absolute Gasteiger partial charge is 0.230 e. The second-order valence-corrected chi connectivity index (χ2v) is 3.56. The average molecular weight is 205 g/mol. The second kappa shape index (κ2) is 6.59. The fourth-order valence-electron chi connectivity index (χ4n) is 0.853. The Kier molecular flexibility index (Phi) is 6.13. The minimum atomic E-state index is -0.101. The Morgan fingerprint density at radius 2 is 2.38 bits per heavy atom. The van der Waals surface area contributed by atoms with Gasteiger partial charge in [0.15, 0.2) is 0 Å². The van der Waals surface area contributed by atoms with E-state index in [0.29, 0.717) is 12.2 Å². The zero-order valence-corrected chi connectivity index (χ0v) is 8.60. The van der Waals surface area contributed by atoms with Crippen molar-refractivity contribution >= 4 is 23.5 Å². The number of oxime groups is 1. The van der Waals surface area contributed by atoms with Gasteiger partial charge in [-0.05, 0) is 13.2 Å². The van der Waals surface area contributed by atoms with Gasteiger partial charge in [-0.25, -0.2) is 0 Å². The van der Waals surface area contributed by atoms with Crippen molar-refractivity contribution < 1.29 is 10.0 Å². The predicted molar refractivity (Wildman–Crippen MR) is 54.0 cm³/mol. The van der Waals surface area contributed by atoms with Crippen LogP contribution in [-0.2, 0) is 4.79 Å². The lowest BCUT2D eigenvalue weighted by Crippen LogP contribution is -2.36. The molecule has 0 aliphatic rings. The molecule has 0 spiro atoms. The molecule has 6 heteroatoms. The van der Waals surface area contributed by atoms with E-state index in [0.717, 1.165) is 0 Å². The van der Waals surface area contributed by atoms with Gasteiger partial charge in [0.05, 0.1) is 5.75 Å². The Labute approximate surface area is 81.7 Å². The number of carbonyl (C=O) groups is 1. The first-order valence-electron chi connectivity index (χ1n) is 3.84. The Bertz CT molecular complexity index is 196. The lowest BCUT2D eigenvalue weighted by atomic mass is 10.2. The van der Waals surface area contributed by atoms with Crippen LogP contribution in [0.5, 0.6) is 0 Å². The van der Waals surface area contributed by atoms with Gasteiger partial charge in [0.25, 0.3) is 0 Å². The molecule has 0 heterocycles. The molecule has 0 aromatic carbocycles. The molecule has 0 aliphatic carbocycles. The summed E-state index contributed by atoms with van der Waals surface area (Å²) >= 11 is 1.45. The average Bonchev–Trinajstić information content (AvgIpc) is 2.04. The number of rotatable bonds is 5. The SMILES string of the molecule is CSCC(=O)NC(C)CC(N)=NO. The first kappa shape index (κ1) is 12.1. The van der Waals surface area contributed by atoms with Crippen molar-refractivity contribution in [2.24, 2.45) is 10.9 Å². The van der Waals surface area contributed by atoms with E-state index in [-0.39, 0.29) is 17.8 Å². The fraction of sp³-hybridized carbons (Fsp3) is 0.714. The van der Waals surface area contributed by atoms with Gasteiger partial charge in [-0.15, -0.1) is 0 Å². The summed E-state index contributed by atoms with van der Waals surface area (Å²) in [5.41, 5.74) is 5.27. The third-order valence-corrected chi connectivity index (χ3v) is 1.88. The van der Waals surface area contributed by atoms with Crippen LogP contribution < -0.4 is 11.1 Å². The number of thioether (sulfide) groups is 1. The van der Waals surface area contributed by atoms with Gasteiger partial charge in [-0.1, -0.05) is 5.16 Å². The molecule has 0 radical (unpaired) electrons. The molecule has 0 aromatic rings. The molecule has 0 rings (SSSR count). The largest absolute Gasteiger partial charge is 0.409 e. The van der Waals surface area contributed by atoms with E-state index >= 15 is 0 Å². The number of carbonyl (C=O) groups excluding carboxylic acids is 1. The van der Waals surface area contributed by atoms with Gasteiger partial charge in [0, 0.05) is 12.5 Å². The zero-order valence-electron chi connectivity index (χ0n) is 7.78.